The Hall–Kier alpha value is -3.57. The maximum absolute atomic E-state index is 13.7. The number of halogens is 1. The topological polar surface area (TPSA) is 58.6 Å². The third-order valence-electron chi connectivity index (χ3n) is 5.89. The molecule has 0 aromatic heterocycles. The molecule has 0 bridgehead atoms. The van der Waals surface area contributed by atoms with E-state index < -0.39 is 5.91 Å². The zero-order valence-electron chi connectivity index (χ0n) is 19.2. The standard InChI is InChI=1S/C27H25ClN2O3/c1-15-6-10-22(18(4)12-15)30-26(31)24(19-8-7-16(2)17(3)13-19)25(27(30)32)29-21-14-20(28)9-11-23(21)33-5/h6-14,29H,1-5H3. The van der Waals surface area contributed by atoms with Crippen molar-refractivity contribution in [3.63, 3.8) is 0 Å². The van der Waals surface area contributed by atoms with Gasteiger partial charge in [-0.2, -0.15) is 0 Å². The van der Waals surface area contributed by atoms with E-state index in [9.17, 15) is 9.59 Å². The predicted octanol–water partition coefficient (Wildman–Crippen LogP) is 5.98. The highest BCUT2D eigenvalue weighted by Gasteiger charge is 2.41. The quantitative estimate of drug-likeness (QED) is 0.476. The van der Waals surface area contributed by atoms with Crippen LogP contribution < -0.4 is 15.0 Å². The largest absolute Gasteiger partial charge is 0.495 e. The van der Waals surface area contributed by atoms with Crippen molar-refractivity contribution in [3.05, 3.63) is 93.1 Å². The SMILES string of the molecule is COc1ccc(Cl)cc1NC1=C(c2ccc(C)c(C)c2)C(=O)N(c2ccc(C)cc2C)C1=O. The lowest BCUT2D eigenvalue weighted by molar-refractivity contribution is -0.120. The van der Waals surface area contributed by atoms with Gasteiger partial charge in [0.15, 0.2) is 0 Å². The highest BCUT2D eigenvalue weighted by atomic mass is 35.5. The number of hydrogen-bond acceptors (Lipinski definition) is 4. The molecule has 0 spiro atoms. The molecule has 1 N–H and O–H groups in total. The summed E-state index contributed by atoms with van der Waals surface area (Å²) < 4.78 is 5.44. The van der Waals surface area contributed by atoms with Crippen LogP contribution in [0.3, 0.4) is 0 Å². The molecule has 0 fully saturated rings. The van der Waals surface area contributed by atoms with Gasteiger partial charge < -0.3 is 10.1 Å². The van der Waals surface area contributed by atoms with Crippen molar-refractivity contribution >= 4 is 40.4 Å². The van der Waals surface area contributed by atoms with Crippen LogP contribution in [0.4, 0.5) is 11.4 Å². The first-order valence-electron chi connectivity index (χ1n) is 10.6. The molecule has 0 aliphatic carbocycles. The molecule has 0 unspecified atom stereocenters. The normalized spacial score (nSPS) is 13.7. The maximum atomic E-state index is 13.7. The number of anilines is 2. The number of aryl methyl sites for hydroxylation is 4. The Morgan fingerprint density at radius 2 is 1.58 bits per heavy atom. The molecule has 5 nitrogen and oxygen atoms in total. The summed E-state index contributed by atoms with van der Waals surface area (Å²) in [5.41, 5.74) is 6.27. The van der Waals surface area contributed by atoms with E-state index in [4.69, 9.17) is 16.3 Å². The number of imide groups is 1. The van der Waals surface area contributed by atoms with Gasteiger partial charge >= 0.3 is 0 Å². The fourth-order valence-electron chi connectivity index (χ4n) is 4.00. The number of amides is 2. The van der Waals surface area contributed by atoms with Crippen LogP contribution in [0.15, 0.2) is 60.3 Å². The Kier molecular flexibility index (Phi) is 6.00. The Labute approximate surface area is 198 Å². The summed E-state index contributed by atoms with van der Waals surface area (Å²) in [6.07, 6.45) is 0. The second-order valence-corrected chi connectivity index (χ2v) is 8.69. The fraction of sp³-hybridized carbons (Fsp3) is 0.185. The minimum Gasteiger partial charge on any atom is -0.495 e. The Bertz CT molecular complexity index is 1330. The number of hydrogen-bond donors (Lipinski definition) is 1. The molecule has 3 aromatic rings. The van der Waals surface area contributed by atoms with Crippen LogP contribution in [0.1, 0.15) is 27.8 Å². The summed E-state index contributed by atoms with van der Waals surface area (Å²) in [7, 11) is 1.54. The molecule has 3 aromatic carbocycles. The minimum atomic E-state index is -0.429. The van der Waals surface area contributed by atoms with E-state index in [2.05, 4.69) is 5.32 Å². The van der Waals surface area contributed by atoms with Gasteiger partial charge in [0.05, 0.1) is 24.1 Å². The lowest BCUT2D eigenvalue weighted by Gasteiger charge is -2.18. The molecule has 0 radical (unpaired) electrons. The van der Waals surface area contributed by atoms with E-state index in [0.29, 0.717) is 33.3 Å². The molecule has 0 saturated heterocycles. The van der Waals surface area contributed by atoms with E-state index >= 15 is 0 Å². The number of rotatable bonds is 5. The van der Waals surface area contributed by atoms with Crippen molar-refractivity contribution in [2.24, 2.45) is 0 Å². The molecule has 1 aliphatic heterocycles. The number of nitrogens with one attached hydrogen (secondary N) is 1. The van der Waals surface area contributed by atoms with Crippen LogP contribution in [0, 0.1) is 27.7 Å². The molecule has 1 heterocycles. The highest BCUT2D eigenvalue weighted by molar-refractivity contribution is 6.46. The third kappa shape index (κ3) is 4.12. The van der Waals surface area contributed by atoms with Crippen molar-refractivity contribution in [1.29, 1.82) is 0 Å². The molecule has 168 valence electrons. The average molecular weight is 461 g/mol. The molecular formula is C27H25ClN2O3. The van der Waals surface area contributed by atoms with Crippen LogP contribution in [0.25, 0.3) is 5.57 Å². The first kappa shape index (κ1) is 22.6. The van der Waals surface area contributed by atoms with Crippen LogP contribution in [-0.2, 0) is 9.59 Å². The van der Waals surface area contributed by atoms with Gasteiger partial charge in [0.2, 0.25) is 0 Å². The monoisotopic (exact) mass is 460 g/mol. The van der Waals surface area contributed by atoms with Crippen molar-refractivity contribution in [2.45, 2.75) is 27.7 Å². The molecule has 6 heteroatoms. The van der Waals surface area contributed by atoms with Crippen molar-refractivity contribution in [2.75, 3.05) is 17.3 Å². The molecule has 33 heavy (non-hydrogen) atoms. The first-order valence-corrected chi connectivity index (χ1v) is 11.0. The number of carbonyl (C=O) groups is 2. The smallest absolute Gasteiger partial charge is 0.282 e. The Balaban J connectivity index is 1.89. The van der Waals surface area contributed by atoms with Crippen molar-refractivity contribution in [1.82, 2.24) is 0 Å². The van der Waals surface area contributed by atoms with Gasteiger partial charge in [0.1, 0.15) is 11.4 Å². The summed E-state index contributed by atoms with van der Waals surface area (Å²) in [4.78, 5) is 28.6. The number of carbonyl (C=O) groups excluding carboxylic acids is 2. The second-order valence-electron chi connectivity index (χ2n) is 8.25. The van der Waals surface area contributed by atoms with E-state index in [1.807, 2.05) is 58.0 Å². The molecular weight excluding hydrogens is 436 g/mol. The van der Waals surface area contributed by atoms with Crippen LogP contribution in [0.2, 0.25) is 5.02 Å². The minimum absolute atomic E-state index is 0.184. The van der Waals surface area contributed by atoms with Crippen molar-refractivity contribution in [3.8, 4) is 5.75 Å². The number of ether oxygens (including phenoxy) is 1. The van der Waals surface area contributed by atoms with Gasteiger partial charge in [-0.15, -0.1) is 0 Å². The van der Waals surface area contributed by atoms with Gasteiger partial charge in [0.25, 0.3) is 11.8 Å². The van der Waals surface area contributed by atoms with Gasteiger partial charge in [-0.05, 0) is 74.2 Å². The zero-order valence-corrected chi connectivity index (χ0v) is 20.0. The van der Waals surface area contributed by atoms with Crippen LogP contribution >= 0.6 is 11.6 Å². The van der Waals surface area contributed by atoms with Crippen LogP contribution in [-0.4, -0.2) is 18.9 Å². The van der Waals surface area contributed by atoms with Crippen LogP contribution in [0.5, 0.6) is 5.75 Å². The molecule has 0 atom stereocenters. The third-order valence-corrected chi connectivity index (χ3v) is 6.13. The van der Waals surface area contributed by atoms with E-state index in [1.165, 1.54) is 12.0 Å². The maximum Gasteiger partial charge on any atom is 0.282 e. The van der Waals surface area contributed by atoms with Gasteiger partial charge in [-0.25, -0.2) is 4.90 Å². The molecule has 1 aliphatic rings. The highest BCUT2D eigenvalue weighted by Crippen LogP contribution is 2.38. The predicted molar refractivity (Wildman–Crippen MR) is 133 cm³/mol. The fourth-order valence-corrected chi connectivity index (χ4v) is 4.17. The lowest BCUT2D eigenvalue weighted by Crippen LogP contribution is -2.33. The summed E-state index contributed by atoms with van der Waals surface area (Å²) >= 11 is 6.20. The summed E-state index contributed by atoms with van der Waals surface area (Å²) in [6, 6.07) is 16.5. The number of benzene rings is 3. The Morgan fingerprint density at radius 3 is 2.24 bits per heavy atom. The first-order chi connectivity index (χ1) is 15.7. The number of methoxy groups -OCH3 is 1. The van der Waals surface area contributed by atoms with Gasteiger partial charge in [-0.1, -0.05) is 47.5 Å². The Morgan fingerprint density at radius 1 is 0.818 bits per heavy atom. The molecule has 2 amide bonds. The zero-order chi connectivity index (χ0) is 23.9. The summed E-state index contributed by atoms with van der Waals surface area (Å²) in [5, 5.41) is 3.63. The van der Waals surface area contributed by atoms with E-state index in [-0.39, 0.29) is 11.6 Å². The summed E-state index contributed by atoms with van der Waals surface area (Å²) in [5.74, 6) is -0.294. The molecule has 4 rings (SSSR count). The van der Waals surface area contributed by atoms with Crippen molar-refractivity contribution < 1.29 is 14.3 Å². The molecule has 0 saturated carbocycles. The van der Waals surface area contributed by atoms with E-state index in [1.54, 1.807) is 24.3 Å². The summed E-state index contributed by atoms with van der Waals surface area (Å²) in [6.45, 7) is 7.86. The average Bonchev–Trinajstić information content (AvgIpc) is 3.00. The number of nitrogens with zero attached hydrogens (tertiary/aromatic N) is 1. The van der Waals surface area contributed by atoms with Gasteiger partial charge in [-0.3, -0.25) is 9.59 Å². The lowest BCUT2D eigenvalue weighted by atomic mass is 9.99. The second kappa shape index (κ2) is 8.75. The van der Waals surface area contributed by atoms with Gasteiger partial charge in [0, 0.05) is 5.02 Å². The van der Waals surface area contributed by atoms with E-state index in [0.717, 1.165) is 22.3 Å².